The molecule has 114 valence electrons. The van der Waals surface area contributed by atoms with Gasteiger partial charge in [0.05, 0.1) is 5.56 Å². The van der Waals surface area contributed by atoms with Crippen molar-refractivity contribution in [1.82, 2.24) is 5.32 Å². The minimum Gasteiger partial charge on any atom is -0.483 e. The molecule has 0 aromatic heterocycles. The summed E-state index contributed by atoms with van der Waals surface area (Å²) in [6, 6.07) is 5.09. The zero-order valence-corrected chi connectivity index (χ0v) is 11.3. The highest BCUT2D eigenvalue weighted by Gasteiger charge is 2.28. The molecule has 0 fully saturated rings. The Morgan fingerprint density at radius 2 is 2.14 bits per heavy atom. The molecule has 0 atom stereocenters. The Labute approximate surface area is 119 Å². The van der Waals surface area contributed by atoms with Crippen LogP contribution in [0.2, 0.25) is 0 Å². The van der Waals surface area contributed by atoms with Crippen LogP contribution in [0.25, 0.3) is 0 Å². The van der Waals surface area contributed by atoms with Crippen molar-refractivity contribution < 1.29 is 22.7 Å². The Morgan fingerprint density at radius 1 is 1.43 bits per heavy atom. The third-order valence-electron chi connectivity index (χ3n) is 2.28. The van der Waals surface area contributed by atoms with E-state index in [1.807, 2.05) is 6.92 Å². The van der Waals surface area contributed by atoms with Gasteiger partial charge in [0.15, 0.2) is 6.61 Å². The van der Waals surface area contributed by atoms with Gasteiger partial charge in [0.25, 0.3) is 0 Å². The Bertz CT molecular complexity index is 538. The number of amides is 2. The normalized spacial score (nSPS) is 10.6. The second-order valence-electron chi connectivity index (χ2n) is 4.11. The van der Waals surface area contributed by atoms with E-state index in [2.05, 4.69) is 15.4 Å². The van der Waals surface area contributed by atoms with Crippen molar-refractivity contribution in [3.05, 3.63) is 23.8 Å². The van der Waals surface area contributed by atoms with Crippen molar-refractivity contribution in [2.45, 2.75) is 19.5 Å². The first kappa shape index (κ1) is 16.6. The molecule has 0 saturated heterocycles. The number of hydrogen-bond acceptors (Lipinski definition) is 3. The van der Waals surface area contributed by atoms with Crippen molar-refractivity contribution in [3.8, 4) is 11.8 Å². The molecular weight excluding hydrogens is 287 g/mol. The second-order valence-corrected chi connectivity index (χ2v) is 4.11. The van der Waals surface area contributed by atoms with Gasteiger partial charge in [0.2, 0.25) is 0 Å². The molecule has 0 bridgehead atoms. The summed E-state index contributed by atoms with van der Waals surface area (Å²) >= 11 is 0. The predicted molar refractivity (Wildman–Crippen MR) is 70.0 cm³/mol. The fourth-order valence-corrected chi connectivity index (χ4v) is 1.39. The lowest BCUT2D eigenvalue weighted by molar-refractivity contribution is -0.153. The van der Waals surface area contributed by atoms with Crippen LogP contribution in [0.4, 0.5) is 23.7 Å². The summed E-state index contributed by atoms with van der Waals surface area (Å²) in [6.07, 6.45) is -3.72. The molecule has 0 heterocycles. The second kappa shape index (κ2) is 7.38. The summed E-state index contributed by atoms with van der Waals surface area (Å²) in [4.78, 5) is 11.4. The molecule has 1 rings (SSSR count). The molecular formula is C13H14F3N3O2. The molecule has 2 N–H and O–H groups in total. The fraction of sp³-hybridized carbons (Fsp3) is 0.385. The van der Waals surface area contributed by atoms with E-state index < -0.39 is 18.8 Å². The van der Waals surface area contributed by atoms with E-state index >= 15 is 0 Å². The standard InChI is InChI=1S/C13H14F3N3O2/c1-2-5-18-12(20)19-10-3-4-11(9(6-10)7-17)21-8-13(14,15)16/h3-4,6H,2,5,8H2,1H3,(H2,18,19,20). The smallest absolute Gasteiger partial charge is 0.422 e. The largest absolute Gasteiger partial charge is 0.483 e. The molecule has 21 heavy (non-hydrogen) atoms. The lowest BCUT2D eigenvalue weighted by atomic mass is 10.2. The first-order valence-corrected chi connectivity index (χ1v) is 6.14. The molecule has 1 aromatic carbocycles. The van der Waals surface area contributed by atoms with E-state index in [4.69, 9.17) is 5.26 Å². The van der Waals surface area contributed by atoms with Gasteiger partial charge in [-0.15, -0.1) is 0 Å². The zero-order chi connectivity index (χ0) is 15.9. The molecule has 0 aliphatic rings. The van der Waals surface area contributed by atoms with E-state index in [9.17, 15) is 18.0 Å². The molecule has 8 heteroatoms. The van der Waals surface area contributed by atoms with Gasteiger partial charge in [-0.25, -0.2) is 4.79 Å². The van der Waals surface area contributed by atoms with Crippen LogP contribution in [-0.4, -0.2) is 25.4 Å². The molecule has 0 aliphatic carbocycles. The summed E-state index contributed by atoms with van der Waals surface area (Å²) in [6.45, 7) is 0.899. The van der Waals surface area contributed by atoms with Gasteiger partial charge in [-0.3, -0.25) is 0 Å². The maximum atomic E-state index is 12.1. The highest BCUT2D eigenvalue weighted by Crippen LogP contribution is 2.24. The van der Waals surface area contributed by atoms with Crippen molar-refractivity contribution in [2.24, 2.45) is 0 Å². The average Bonchev–Trinajstić information content (AvgIpc) is 2.42. The topological polar surface area (TPSA) is 74.2 Å². The highest BCUT2D eigenvalue weighted by molar-refractivity contribution is 5.89. The molecule has 0 saturated carbocycles. The number of halogens is 3. The van der Waals surface area contributed by atoms with Crippen LogP contribution in [0.1, 0.15) is 18.9 Å². The Hall–Kier alpha value is -2.43. The molecule has 0 unspecified atom stereocenters. The number of nitrogens with one attached hydrogen (secondary N) is 2. The number of nitrogens with zero attached hydrogens (tertiary/aromatic N) is 1. The van der Waals surface area contributed by atoms with Crippen LogP contribution in [0.15, 0.2) is 18.2 Å². The highest BCUT2D eigenvalue weighted by atomic mass is 19.4. The number of hydrogen-bond donors (Lipinski definition) is 2. The summed E-state index contributed by atoms with van der Waals surface area (Å²) in [5.41, 5.74) is 0.201. The van der Waals surface area contributed by atoms with Crippen molar-refractivity contribution in [2.75, 3.05) is 18.5 Å². The van der Waals surface area contributed by atoms with Gasteiger partial charge in [-0.2, -0.15) is 18.4 Å². The van der Waals surface area contributed by atoms with Gasteiger partial charge in [0, 0.05) is 12.2 Å². The number of benzene rings is 1. The predicted octanol–water partition coefficient (Wildman–Crippen LogP) is 3.03. The third-order valence-corrected chi connectivity index (χ3v) is 2.28. The summed E-state index contributed by atoms with van der Waals surface area (Å²) in [5, 5.41) is 13.9. The van der Waals surface area contributed by atoms with Gasteiger partial charge >= 0.3 is 12.2 Å². The number of nitriles is 1. The zero-order valence-electron chi connectivity index (χ0n) is 11.3. The number of alkyl halides is 3. The monoisotopic (exact) mass is 301 g/mol. The van der Waals surface area contributed by atoms with Crippen LogP contribution in [0.3, 0.4) is 0 Å². The number of anilines is 1. The van der Waals surface area contributed by atoms with Gasteiger partial charge in [-0.1, -0.05) is 6.92 Å². The molecule has 5 nitrogen and oxygen atoms in total. The van der Waals surface area contributed by atoms with Crippen LogP contribution in [-0.2, 0) is 0 Å². The number of carbonyl (C=O) groups excluding carboxylic acids is 1. The van der Waals surface area contributed by atoms with Crippen molar-refractivity contribution >= 4 is 11.7 Å². The minimum absolute atomic E-state index is 0.0902. The van der Waals surface area contributed by atoms with Crippen molar-refractivity contribution in [3.63, 3.8) is 0 Å². The molecule has 0 radical (unpaired) electrons. The Kier molecular flexibility index (Phi) is 5.84. The number of ether oxygens (including phenoxy) is 1. The molecule has 1 aromatic rings. The van der Waals surface area contributed by atoms with E-state index in [1.54, 1.807) is 6.07 Å². The van der Waals surface area contributed by atoms with Crippen LogP contribution in [0, 0.1) is 11.3 Å². The van der Waals surface area contributed by atoms with Crippen LogP contribution in [0.5, 0.6) is 5.75 Å². The summed E-state index contributed by atoms with van der Waals surface area (Å²) in [7, 11) is 0. The van der Waals surface area contributed by atoms with E-state index in [-0.39, 0.29) is 11.3 Å². The molecule has 0 aliphatic heterocycles. The maximum Gasteiger partial charge on any atom is 0.422 e. The number of carbonyl (C=O) groups is 1. The number of rotatable bonds is 5. The van der Waals surface area contributed by atoms with E-state index in [0.29, 0.717) is 12.2 Å². The average molecular weight is 301 g/mol. The van der Waals surface area contributed by atoms with Gasteiger partial charge in [-0.05, 0) is 24.6 Å². The van der Waals surface area contributed by atoms with Gasteiger partial charge in [0.1, 0.15) is 11.8 Å². The lowest BCUT2D eigenvalue weighted by Gasteiger charge is -2.12. The first-order valence-electron chi connectivity index (χ1n) is 6.14. The van der Waals surface area contributed by atoms with E-state index in [0.717, 1.165) is 6.42 Å². The quantitative estimate of drug-likeness (QED) is 0.878. The Balaban J connectivity index is 2.75. The Morgan fingerprint density at radius 3 is 2.71 bits per heavy atom. The summed E-state index contributed by atoms with van der Waals surface area (Å²) < 4.78 is 40.8. The summed E-state index contributed by atoms with van der Waals surface area (Å²) in [5.74, 6) is -0.186. The maximum absolute atomic E-state index is 12.1. The van der Waals surface area contributed by atoms with Crippen LogP contribution < -0.4 is 15.4 Å². The third kappa shape index (κ3) is 6.03. The molecule has 2 amide bonds. The first-order chi connectivity index (χ1) is 9.85. The minimum atomic E-state index is -4.48. The SMILES string of the molecule is CCCNC(=O)Nc1ccc(OCC(F)(F)F)c(C#N)c1. The fourth-order valence-electron chi connectivity index (χ4n) is 1.39. The molecule has 0 spiro atoms. The van der Waals surface area contributed by atoms with Crippen LogP contribution >= 0.6 is 0 Å². The van der Waals surface area contributed by atoms with Crippen molar-refractivity contribution in [1.29, 1.82) is 5.26 Å². The van der Waals surface area contributed by atoms with Gasteiger partial charge < -0.3 is 15.4 Å². The van der Waals surface area contributed by atoms with E-state index in [1.165, 1.54) is 18.2 Å². The number of urea groups is 1. The lowest BCUT2D eigenvalue weighted by Crippen LogP contribution is -2.29.